The van der Waals surface area contributed by atoms with Crippen molar-refractivity contribution in [1.29, 1.82) is 0 Å². The summed E-state index contributed by atoms with van der Waals surface area (Å²) < 4.78 is 5.20. The van der Waals surface area contributed by atoms with E-state index in [4.69, 9.17) is 4.74 Å². The van der Waals surface area contributed by atoms with Crippen LogP contribution in [0.4, 0.5) is 0 Å². The smallest absolute Gasteiger partial charge is 0.306 e. The van der Waals surface area contributed by atoms with E-state index in [1.54, 1.807) is 0 Å². The molecule has 0 heterocycles. The number of ether oxygens (including phenoxy) is 1. The summed E-state index contributed by atoms with van der Waals surface area (Å²) in [5.74, 6) is 0.298. The van der Waals surface area contributed by atoms with Crippen molar-refractivity contribution >= 4 is 12.3 Å². The van der Waals surface area contributed by atoms with Gasteiger partial charge in [-0.25, -0.2) is 0 Å². The second kappa shape index (κ2) is 7.42. The molecule has 16 heavy (non-hydrogen) atoms. The maximum absolute atomic E-state index is 11.4. The van der Waals surface area contributed by atoms with Crippen LogP contribution < -0.4 is 0 Å². The van der Waals surface area contributed by atoms with Gasteiger partial charge in [0.15, 0.2) is 0 Å². The largest absolute Gasteiger partial charge is 0.460 e. The molecule has 0 amide bonds. The average Bonchev–Trinajstić information content (AvgIpc) is 2.10. The van der Waals surface area contributed by atoms with E-state index in [1.807, 2.05) is 20.8 Å². The molecule has 0 aliphatic carbocycles. The molecule has 0 aliphatic heterocycles. The van der Waals surface area contributed by atoms with Gasteiger partial charge in [-0.15, -0.1) is 0 Å². The summed E-state index contributed by atoms with van der Waals surface area (Å²) in [6.45, 7) is 7.67. The Hall–Kier alpha value is -0.860. The van der Waals surface area contributed by atoms with Gasteiger partial charge in [0.2, 0.25) is 0 Å². The minimum atomic E-state index is -0.387. The molecule has 0 fully saturated rings. The molecule has 0 aromatic rings. The van der Waals surface area contributed by atoms with Crippen LogP contribution in [-0.2, 0) is 14.3 Å². The Bertz CT molecular complexity index is 216. The van der Waals surface area contributed by atoms with Gasteiger partial charge in [-0.1, -0.05) is 19.8 Å². The summed E-state index contributed by atoms with van der Waals surface area (Å²) in [6, 6.07) is 0. The molecule has 0 bridgehead atoms. The van der Waals surface area contributed by atoms with E-state index in [0.717, 1.165) is 25.5 Å². The van der Waals surface area contributed by atoms with E-state index >= 15 is 0 Å². The summed E-state index contributed by atoms with van der Waals surface area (Å²) in [5.41, 5.74) is -0.387. The van der Waals surface area contributed by atoms with Crippen LogP contribution in [0.2, 0.25) is 0 Å². The third-order valence-corrected chi connectivity index (χ3v) is 2.25. The Morgan fingerprint density at radius 3 is 2.44 bits per heavy atom. The van der Waals surface area contributed by atoms with E-state index in [0.29, 0.717) is 18.8 Å². The summed E-state index contributed by atoms with van der Waals surface area (Å²) in [7, 11) is 0. The molecule has 0 aromatic carbocycles. The van der Waals surface area contributed by atoms with E-state index in [-0.39, 0.29) is 11.6 Å². The minimum absolute atomic E-state index is 0.129. The lowest BCUT2D eigenvalue weighted by molar-refractivity contribution is -0.154. The quantitative estimate of drug-likeness (QED) is 0.382. The van der Waals surface area contributed by atoms with Crippen LogP contribution >= 0.6 is 0 Å². The van der Waals surface area contributed by atoms with Crippen LogP contribution in [0.1, 0.15) is 59.8 Å². The Kier molecular flexibility index (Phi) is 7.02. The van der Waals surface area contributed by atoms with Gasteiger partial charge in [0.1, 0.15) is 11.9 Å². The van der Waals surface area contributed by atoms with Gasteiger partial charge in [-0.2, -0.15) is 0 Å². The molecule has 3 heteroatoms. The molecule has 3 nitrogen and oxygen atoms in total. The van der Waals surface area contributed by atoms with Crippen molar-refractivity contribution in [2.75, 3.05) is 0 Å². The van der Waals surface area contributed by atoms with Crippen LogP contribution in [0, 0.1) is 5.92 Å². The number of aldehydes is 1. The zero-order valence-electron chi connectivity index (χ0n) is 10.9. The standard InChI is InChI=1S/C13H24O3/c1-11(9-10-14)7-5-6-8-12(15)16-13(2,3)4/h10-11H,5-9H2,1-4H3/t11-/m1/s1. The Labute approximate surface area is 98.6 Å². The van der Waals surface area contributed by atoms with Gasteiger partial charge >= 0.3 is 5.97 Å². The molecule has 0 aliphatic rings. The first-order valence-corrected chi connectivity index (χ1v) is 6.00. The number of unbranched alkanes of at least 4 members (excludes halogenated alkanes) is 1. The van der Waals surface area contributed by atoms with Crippen molar-refractivity contribution < 1.29 is 14.3 Å². The zero-order chi connectivity index (χ0) is 12.6. The topological polar surface area (TPSA) is 43.4 Å². The highest BCUT2D eigenvalue weighted by molar-refractivity contribution is 5.69. The Balaban J connectivity index is 3.52. The monoisotopic (exact) mass is 228 g/mol. The van der Waals surface area contributed by atoms with Crippen molar-refractivity contribution in [3.8, 4) is 0 Å². The normalized spacial score (nSPS) is 13.2. The lowest BCUT2D eigenvalue weighted by Gasteiger charge is -2.19. The SMILES string of the molecule is C[C@@H](CC=O)CCCCC(=O)OC(C)(C)C. The molecule has 1 atom stereocenters. The first-order chi connectivity index (χ1) is 7.35. The molecule has 0 spiro atoms. The summed E-state index contributed by atoms with van der Waals surface area (Å²) in [6.07, 6.45) is 4.88. The second-order valence-corrected chi connectivity index (χ2v) is 5.34. The summed E-state index contributed by atoms with van der Waals surface area (Å²) in [5, 5.41) is 0. The fourth-order valence-electron chi connectivity index (χ4n) is 1.44. The Morgan fingerprint density at radius 1 is 1.31 bits per heavy atom. The molecule has 94 valence electrons. The molecule has 0 aromatic heterocycles. The van der Waals surface area contributed by atoms with E-state index in [9.17, 15) is 9.59 Å². The Morgan fingerprint density at radius 2 is 1.94 bits per heavy atom. The van der Waals surface area contributed by atoms with Crippen LogP contribution in [-0.4, -0.2) is 17.9 Å². The highest BCUT2D eigenvalue weighted by Crippen LogP contribution is 2.14. The highest BCUT2D eigenvalue weighted by Gasteiger charge is 2.15. The molecular weight excluding hydrogens is 204 g/mol. The molecule has 0 rings (SSSR count). The lowest BCUT2D eigenvalue weighted by atomic mass is 10.0. The number of carbonyl (C=O) groups is 2. The molecule has 0 radical (unpaired) electrons. The van der Waals surface area contributed by atoms with Crippen LogP contribution in [0.15, 0.2) is 0 Å². The fraction of sp³-hybridized carbons (Fsp3) is 0.846. The average molecular weight is 228 g/mol. The van der Waals surface area contributed by atoms with Gasteiger partial charge in [0.05, 0.1) is 0 Å². The molecule has 0 unspecified atom stereocenters. The number of rotatable bonds is 7. The van der Waals surface area contributed by atoms with Gasteiger partial charge in [-0.05, 0) is 33.1 Å². The van der Waals surface area contributed by atoms with Crippen molar-refractivity contribution in [1.82, 2.24) is 0 Å². The molecule has 0 saturated heterocycles. The van der Waals surface area contributed by atoms with Gasteiger partial charge < -0.3 is 9.53 Å². The molecule has 0 N–H and O–H groups in total. The van der Waals surface area contributed by atoms with Crippen LogP contribution in [0.3, 0.4) is 0 Å². The minimum Gasteiger partial charge on any atom is -0.460 e. The van der Waals surface area contributed by atoms with Crippen LogP contribution in [0.5, 0.6) is 0 Å². The summed E-state index contributed by atoms with van der Waals surface area (Å²) in [4.78, 5) is 21.6. The van der Waals surface area contributed by atoms with E-state index in [1.165, 1.54) is 0 Å². The summed E-state index contributed by atoms with van der Waals surface area (Å²) >= 11 is 0. The maximum Gasteiger partial charge on any atom is 0.306 e. The number of esters is 1. The third kappa shape index (κ3) is 9.69. The first-order valence-electron chi connectivity index (χ1n) is 6.00. The fourth-order valence-corrected chi connectivity index (χ4v) is 1.44. The maximum atomic E-state index is 11.4. The third-order valence-electron chi connectivity index (χ3n) is 2.25. The van der Waals surface area contributed by atoms with Crippen molar-refractivity contribution in [3.05, 3.63) is 0 Å². The van der Waals surface area contributed by atoms with Crippen molar-refractivity contribution in [2.24, 2.45) is 5.92 Å². The highest BCUT2D eigenvalue weighted by atomic mass is 16.6. The molecular formula is C13H24O3. The lowest BCUT2D eigenvalue weighted by Crippen LogP contribution is -2.23. The number of hydrogen-bond acceptors (Lipinski definition) is 3. The number of hydrogen-bond donors (Lipinski definition) is 0. The van der Waals surface area contributed by atoms with Gasteiger partial charge in [-0.3, -0.25) is 4.79 Å². The molecule has 0 saturated carbocycles. The predicted molar refractivity (Wildman–Crippen MR) is 64.2 cm³/mol. The first kappa shape index (κ1) is 15.1. The predicted octanol–water partition coefficient (Wildman–Crippen LogP) is 3.11. The second-order valence-electron chi connectivity index (χ2n) is 5.34. The van der Waals surface area contributed by atoms with Crippen molar-refractivity contribution in [2.45, 2.75) is 65.4 Å². The van der Waals surface area contributed by atoms with Gasteiger partial charge in [0, 0.05) is 12.8 Å². The van der Waals surface area contributed by atoms with E-state index < -0.39 is 0 Å². The number of carbonyl (C=O) groups excluding carboxylic acids is 2. The van der Waals surface area contributed by atoms with Crippen LogP contribution in [0.25, 0.3) is 0 Å². The van der Waals surface area contributed by atoms with E-state index in [2.05, 4.69) is 6.92 Å². The van der Waals surface area contributed by atoms with Gasteiger partial charge in [0.25, 0.3) is 0 Å². The van der Waals surface area contributed by atoms with Crippen molar-refractivity contribution in [3.63, 3.8) is 0 Å². The zero-order valence-corrected chi connectivity index (χ0v) is 10.9.